The number of Topliss-reactive ketones (excluding diaryl/α,β-unsaturated/α-hetero) is 1. The monoisotopic (exact) mass is 294 g/mol. The SMILES string of the molecule is CC(C)(C)C(=O)CCCC(c1ccccc1)c1ccccc1. The van der Waals surface area contributed by atoms with Gasteiger partial charge in [-0.05, 0) is 24.0 Å². The molecule has 116 valence electrons. The molecule has 0 unspecified atom stereocenters. The molecule has 0 radical (unpaired) electrons. The minimum atomic E-state index is -0.227. The first kappa shape index (κ1) is 16.5. The van der Waals surface area contributed by atoms with Gasteiger partial charge in [0.05, 0.1) is 0 Å². The first-order chi connectivity index (χ1) is 10.5. The van der Waals surface area contributed by atoms with E-state index in [-0.39, 0.29) is 5.41 Å². The lowest BCUT2D eigenvalue weighted by atomic mass is 9.84. The number of carbonyl (C=O) groups excluding carboxylic acids is 1. The lowest BCUT2D eigenvalue weighted by Crippen LogP contribution is -2.19. The molecule has 2 aromatic carbocycles. The summed E-state index contributed by atoms with van der Waals surface area (Å²) in [5.74, 6) is 0.725. The zero-order chi connectivity index (χ0) is 16.0. The van der Waals surface area contributed by atoms with E-state index < -0.39 is 0 Å². The van der Waals surface area contributed by atoms with Gasteiger partial charge in [0.1, 0.15) is 5.78 Å². The molecule has 0 spiro atoms. The molecule has 1 heteroatoms. The highest BCUT2D eigenvalue weighted by atomic mass is 16.1. The topological polar surface area (TPSA) is 17.1 Å². The van der Waals surface area contributed by atoms with E-state index in [1.54, 1.807) is 0 Å². The number of benzene rings is 2. The molecule has 0 aliphatic rings. The second kappa shape index (κ2) is 7.40. The average molecular weight is 294 g/mol. The Kier molecular flexibility index (Phi) is 5.54. The smallest absolute Gasteiger partial charge is 0.138 e. The highest BCUT2D eigenvalue weighted by molar-refractivity contribution is 5.83. The van der Waals surface area contributed by atoms with E-state index in [1.165, 1.54) is 11.1 Å². The van der Waals surface area contributed by atoms with Gasteiger partial charge in [-0.3, -0.25) is 4.79 Å². The van der Waals surface area contributed by atoms with Crippen molar-refractivity contribution in [1.82, 2.24) is 0 Å². The molecule has 0 fully saturated rings. The highest BCUT2D eigenvalue weighted by Gasteiger charge is 2.21. The van der Waals surface area contributed by atoms with Crippen LogP contribution in [0.1, 0.15) is 57.1 Å². The standard InChI is InChI=1S/C21H26O/c1-21(2,3)20(22)16-10-15-19(17-11-6-4-7-12-17)18-13-8-5-9-14-18/h4-9,11-14,19H,10,15-16H2,1-3H3. The van der Waals surface area contributed by atoms with Crippen molar-refractivity contribution in [2.75, 3.05) is 0 Å². The molecule has 0 aromatic heterocycles. The van der Waals surface area contributed by atoms with Crippen LogP contribution in [0.5, 0.6) is 0 Å². The maximum absolute atomic E-state index is 12.1. The Labute approximate surface area is 134 Å². The van der Waals surface area contributed by atoms with Gasteiger partial charge >= 0.3 is 0 Å². The number of hydrogen-bond donors (Lipinski definition) is 0. The molecular weight excluding hydrogens is 268 g/mol. The summed E-state index contributed by atoms with van der Waals surface area (Å²) in [5, 5.41) is 0. The molecular formula is C21H26O. The van der Waals surface area contributed by atoms with Gasteiger partial charge in [0, 0.05) is 17.8 Å². The summed E-state index contributed by atoms with van der Waals surface area (Å²) in [6.07, 6.45) is 2.61. The van der Waals surface area contributed by atoms with Gasteiger partial charge in [-0.1, -0.05) is 81.4 Å². The quantitative estimate of drug-likeness (QED) is 0.677. The average Bonchev–Trinajstić information content (AvgIpc) is 2.52. The summed E-state index contributed by atoms with van der Waals surface area (Å²) in [5.41, 5.74) is 2.43. The molecule has 22 heavy (non-hydrogen) atoms. The first-order valence-electron chi connectivity index (χ1n) is 8.11. The molecule has 0 amide bonds. The van der Waals surface area contributed by atoms with Crippen molar-refractivity contribution in [2.24, 2.45) is 5.41 Å². The van der Waals surface area contributed by atoms with E-state index in [0.29, 0.717) is 18.1 Å². The summed E-state index contributed by atoms with van der Waals surface area (Å²) in [6, 6.07) is 21.2. The summed E-state index contributed by atoms with van der Waals surface area (Å²) in [7, 11) is 0. The number of carbonyl (C=O) groups is 1. The Bertz CT molecular complexity index is 539. The van der Waals surface area contributed by atoms with Crippen LogP contribution in [0.3, 0.4) is 0 Å². The third-order valence-electron chi connectivity index (χ3n) is 4.14. The maximum atomic E-state index is 12.1. The lowest BCUT2D eigenvalue weighted by molar-refractivity contribution is -0.126. The maximum Gasteiger partial charge on any atom is 0.138 e. The van der Waals surface area contributed by atoms with Gasteiger partial charge in [0.2, 0.25) is 0 Å². The fourth-order valence-electron chi connectivity index (χ4n) is 2.74. The molecule has 1 nitrogen and oxygen atoms in total. The third kappa shape index (κ3) is 4.56. The summed E-state index contributed by atoms with van der Waals surface area (Å²) >= 11 is 0. The number of ketones is 1. The van der Waals surface area contributed by atoms with Crippen molar-refractivity contribution >= 4 is 5.78 Å². The van der Waals surface area contributed by atoms with Gasteiger partial charge < -0.3 is 0 Å². The first-order valence-corrected chi connectivity index (χ1v) is 8.11. The van der Waals surface area contributed by atoms with E-state index in [4.69, 9.17) is 0 Å². The van der Waals surface area contributed by atoms with E-state index in [9.17, 15) is 4.79 Å². The van der Waals surface area contributed by atoms with E-state index >= 15 is 0 Å². The van der Waals surface area contributed by atoms with Crippen LogP contribution in [0.2, 0.25) is 0 Å². The zero-order valence-corrected chi connectivity index (χ0v) is 13.9. The normalized spacial score (nSPS) is 11.6. The second-order valence-electron chi connectivity index (χ2n) is 6.94. The molecule has 0 atom stereocenters. The van der Waals surface area contributed by atoms with Crippen LogP contribution >= 0.6 is 0 Å². The van der Waals surface area contributed by atoms with Crippen molar-refractivity contribution in [3.05, 3.63) is 71.8 Å². The van der Waals surface area contributed by atoms with Crippen molar-refractivity contribution in [2.45, 2.75) is 46.0 Å². The van der Waals surface area contributed by atoms with Crippen LogP contribution in [0.4, 0.5) is 0 Å². The summed E-state index contributed by atoms with van der Waals surface area (Å²) in [6.45, 7) is 6.00. The molecule has 0 saturated carbocycles. The molecule has 0 bridgehead atoms. The van der Waals surface area contributed by atoms with E-state index in [2.05, 4.69) is 60.7 Å². The zero-order valence-electron chi connectivity index (χ0n) is 13.9. The second-order valence-corrected chi connectivity index (χ2v) is 6.94. The molecule has 0 heterocycles. The molecule has 0 N–H and O–H groups in total. The Hall–Kier alpha value is -1.89. The lowest BCUT2D eigenvalue weighted by Gasteiger charge is -2.20. The van der Waals surface area contributed by atoms with Crippen molar-refractivity contribution in [1.29, 1.82) is 0 Å². The molecule has 2 rings (SSSR count). The van der Waals surface area contributed by atoms with Crippen molar-refractivity contribution < 1.29 is 4.79 Å². The van der Waals surface area contributed by atoms with Gasteiger partial charge in [0.15, 0.2) is 0 Å². The van der Waals surface area contributed by atoms with E-state index in [1.807, 2.05) is 20.8 Å². The van der Waals surface area contributed by atoms with Crippen LogP contribution in [-0.4, -0.2) is 5.78 Å². The predicted octanol–water partition coefficient (Wildman–Crippen LogP) is 5.60. The largest absolute Gasteiger partial charge is 0.299 e. The number of hydrogen-bond acceptors (Lipinski definition) is 1. The minimum absolute atomic E-state index is 0.227. The Balaban J connectivity index is 2.09. The number of rotatable bonds is 6. The van der Waals surface area contributed by atoms with Gasteiger partial charge in [-0.25, -0.2) is 0 Å². The van der Waals surface area contributed by atoms with Crippen LogP contribution in [0.15, 0.2) is 60.7 Å². The predicted molar refractivity (Wildman–Crippen MR) is 93.0 cm³/mol. The van der Waals surface area contributed by atoms with Gasteiger partial charge in [-0.15, -0.1) is 0 Å². The van der Waals surface area contributed by atoms with Crippen LogP contribution in [0.25, 0.3) is 0 Å². The van der Waals surface area contributed by atoms with E-state index in [0.717, 1.165) is 12.8 Å². The Morgan fingerprint density at radius 1 is 0.864 bits per heavy atom. The summed E-state index contributed by atoms with van der Waals surface area (Å²) in [4.78, 5) is 12.1. The molecule has 0 aliphatic carbocycles. The third-order valence-corrected chi connectivity index (χ3v) is 4.14. The molecule has 2 aromatic rings. The Morgan fingerprint density at radius 2 is 1.32 bits per heavy atom. The molecule has 0 saturated heterocycles. The fourth-order valence-corrected chi connectivity index (χ4v) is 2.74. The van der Waals surface area contributed by atoms with Gasteiger partial charge in [-0.2, -0.15) is 0 Å². The van der Waals surface area contributed by atoms with Gasteiger partial charge in [0.25, 0.3) is 0 Å². The van der Waals surface area contributed by atoms with Crippen molar-refractivity contribution in [3.63, 3.8) is 0 Å². The van der Waals surface area contributed by atoms with Crippen LogP contribution in [-0.2, 0) is 4.79 Å². The highest BCUT2D eigenvalue weighted by Crippen LogP contribution is 2.30. The molecule has 0 aliphatic heterocycles. The summed E-state index contributed by atoms with van der Waals surface area (Å²) < 4.78 is 0. The van der Waals surface area contributed by atoms with Crippen LogP contribution < -0.4 is 0 Å². The fraction of sp³-hybridized carbons (Fsp3) is 0.381. The minimum Gasteiger partial charge on any atom is -0.299 e. The van der Waals surface area contributed by atoms with Crippen molar-refractivity contribution in [3.8, 4) is 0 Å². The van der Waals surface area contributed by atoms with Crippen LogP contribution in [0, 0.1) is 5.41 Å². The Morgan fingerprint density at radius 3 is 1.73 bits per heavy atom.